The number of hydrogen-bond donors (Lipinski definition) is 3. The maximum atomic E-state index is 13.6. The number of carbonyl (C=O) groups is 1. The number of nitrogens with one attached hydrogen (secondary N) is 2. The van der Waals surface area contributed by atoms with E-state index in [2.05, 4.69) is 25.6 Å². The van der Waals surface area contributed by atoms with Gasteiger partial charge in [-0.05, 0) is 24.3 Å². The summed E-state index contributed by atoms with van der Waals surface area (Å²) in [5.74, 6) is -2.32. The molecule has 3 aromatic heterocycles. The first-order valence-corrected chi connectivity index (χ1v) is 7.54. The highest BCUT2D eigenvalue weighted by Gasteiger charge is 2.15. The molecular formula is C17H14F2N6O. The molecule has 4 N–H and O–H groups in total. The molecule has 3 rings (SSSR count). The van der Waals surface area contributed by atoms with Crippen LogP contribution in [0.5, 0.6) is 0 Å². The summed E-state index contributed by atoms with van der Waals surface area (Å²) >= 11 is 0. The Kier molecular flexibility index (Phi) is 4.97. The summed E-state index contributed by atoms with van der Waals surface area (Å²) in [4.78, 5) is 23.7. The van der Waals surface area contributed by atoms with Crippen LogP contribution < -0.4 is 16.4 Å². The van der Waals surface area contributed by atoms with Crippen LogP contribution in [-0.4, -0.2) is 20.9 Å². The second-order valence-corrected chi connectivity index (χ2v) is 5.26. The van der Waals surface area contributed by atoms with E-state index in [-0.39, 0.29) is 0 Å². The van der Waals surface area contributed by atoms with E-state index in [1.807, 2.05) is 0 Å². The van der Waals surface area contributed by atoms with Crippen LogP contribution in [0, 0.1) is 11.6 Å². The zero-order valence-electron chi connectivity index (χ0n) is 13.4. The van der Waals surface area contributed by atoms with Gasteiger partial charge in [0.2, 0.25) is 0 Å². The van der Waals surface area contributed by atoms with Crippen LogP contribution in [-0.2, 0) is 6.54 Å². The lowest BCUT2D eigenvalue weighted by Gasteiger charge is -2.09. The van der Waals surface area contributed by atoms with Crippen LogP contribution >= 0.6 is 0 Å². The van der Waals surface area contributed by atoms with Crippen LogP contribution in [0.1, 0.15) is 16.2 Å². The van der Waals surface area contributed by atoms with Crippen molar-refractivity contribution in [2.24, 2.45) is 0 Å². The smallest absolute Gasteiger partial charge is 0.277 e. The fourth-order valence-corrected chi connectivity index (χ4v) is 2.18. The number of anilines is 3. The standard InChI is InChI=1S/C17H14F2N6O/c18-10-6-13(19)15(24-8-10)17(26)25-11-3-5-21-12(7-11)9-23-14-2-1-4-22-16(14)20/h1-8,23H,9H2,(H2,20,22)(H,21,25,26). The van der Waals surface area contributed by atoms with Crippen LogP contribution in [0.15, 0.2) is 48.9 Å². The highest BCUT2D eigenvalue weighted by atomic mass is 19.1. The molecule has 0 saturated carbocycles. The molecule has 0 aliphatic carbocycles. The van der Waals surface area contributed by atoms with Crippen molar-refractivity contribution in [2.75, 3.05) is 16.4 Å². The van der Waals surface area contributed by atoms with Crippen LogP contribution in [0.25, 0.3) is 0 Å². The van der Waals surface area contributed by atoms with Crippen molar-refractivity contribution in [3.05, 3.63) is 71.9 Å². The van der Waals surface area contributed by atoms with Gasteiger partial charge >= 0.3 is 0 Å². The van der Waals surface area contributed by atoms with Crippen molar-refractivity contribution in [1.29, 1.82) is 0 Å². The molecule has 0 radical (unpaired) electrons. The number of pyridine rings is 3. The fourth-order valence-electron chi connectivity index (χ4n) is 2.18. The Bertz CT molecular complexity index is 950. The predicted octanol–water partition coefficient (Wildman–Crippen LogP) is 2.60. The molecule has 3 aromatic rings. The first-order chi connectivity index (χ1) is 12.5. The van der Waals surface area contributed by atoms with Gasteiger partial charge in [-0.1, -0.05) is 0 Å². The number of halogens is 2. The van der Waals surface area contributed by atoms with Gasteiger partial charge < -0.3 is 16.4 Å². The molecule has 132 valence electrons. The molecule has 0 saturated heterocycles. The number of carbonyl (C=O) groups excluding carboxylic acids is 1. The van der Waals surface area contributed by atoms with Gasteiger partial charge in [0.25, 0.3) is 5.91 Å². The Hall–Kier alpha value is -3.62. The number of nitrogen functional groups attached to an aromatic ring is 1. The van der Waals surface area contributed by atoms with Gasteiger partial charge in [-0.25, -0.2) is 18.7 Å². The van der Waals surface area contributed by atoms with Crippen molar-refractivity contribution >= 4 is 23.1 Å². The second-order valence-electron chi connectivity index (χ2n) is 5.26. The minimum Gasteiger partial charge on any atom is -0.382 e. The van der Waals surface area contributed by atoms with Gasteiger partial charge in [-0.3, -0.25) is 9.78 Å². The molecular weight excluding hydrogens is 342 g/mol. The number of rotatable bonds is 5. The maximum absolute atomic E-state index is 13.6. The van der Waals surface area contributed by atoms with Gasteiger partial charge in [-0.15, -0.1) is 0 Å². The van der Waals surface area contributed by atoms with E-state index < -0.39 is 23.2 Å². The van der Waals surface area contributed by atoms with Crippen molar-refractivity contribution in [3.8, 4) is 0 Å². The monoisotopic (exact) mass is 356 g/mol. The molecule has 7 nitrogen and oxygen atoms in total. The second kappa shape index (κ2) is 7.51. The SMILES string of the molecule is Nc1ncccc1NCc1cc(NC(=O)c2ncc(F)cc2F)ccn1. The average molecular weight is 356 g/mol. The lowest BCUT2D eigenvalue weighted by Crippen LogP contribution is -2.16. The lowest BCUT2D eigenvalue weighted by atomic mass is 10.2. The Labute approximate surface area is 147 Å². The third kappa shape index (κ3) is 4.07. The summed E-state index contributed by atoms with van der Waals surface area (Å²) in [5.41, 5.74) is 6.91. The largest absolute Gasteiger partial charge is 0.382 e. The zero-order valence-corrected chi connectivity index (χ0v) is 13.4. The third-order valence-electron chi connectivity index (χ3n) is 3.40. The normalized spacial score (nSPS) is 10.4. The number of amides is 1. The minimum atomic E-state index is -1.04. The Balaban J connectivity index is 1.69. The van der Waals surface area contributed by atoms with Crippen molar-refractivity contribution < 1.29 is 13.6 Å². The first kappa shape index (κ1) is 17.2. The molecule has 0 aliphatic heterocycles. The van der Waals surface area contributed by atoms with Gasteiger partial charge in [0.15, 0.2) is 11.5 Å². The van der Waals surface area contributed by atoms with Crippen molar-refractivity contribution in [2.45, 2.75) is 6.54 Å². The first-order valence-electron chi connectivity index (χ1n) is 7.54. The summed E-state index contributed by atoms with van der Waals surface area (Å²) in [6, 6.07) is 7.27. The van der Waals surface area contributed by atoms with E-state index >= 15 is 0 Å². The number of aromatic nitrogens is 3. The topological polar surface area (TPSA) is 106 Å². The molecule has 0 unspecified atom stereocenters. The molecule has 3 heterocycles. The third-order valence-corrected chi connectivity index (χ3v) is 3.40. The summed E-state index contributed by atoms with van der Waals surface area (Å²) in [7, 11) is 0. The summed E-state index contributed by atoms with van der Waals surface area (Å²) in [6.07, 6.45) is 3.85. The van der Waals surface area contributed by atoms with E-state index in [4.69, 9.17) is 5.73 Å². The maximum Gasteiger partial charge on any atom is 0.277 e. The van der Waals surface area contributed by atoms with E-state index in [1.54, 1.807) is 30.5 Å². The summed E-state index contributed by atoms with van der Waals surface area (Å²) < 4.78 is 26.5. The molecule has 0 spiro atoms. The zero-order chi connectivity index (χ0) is 18.5. The lowest BCUT2D eigenvalue weighted by molar-refractivity contribution is 0.101. The highest BCUT2D eigenvalue weighted by Crippen LogP contribution is 2.16. The molecule has 0 aromatic carbocycles. The van der Waals surface area contributed by atoms with Crippen LogP contribution in [0.2, 0.25) is 0 Å². The quantitative estimate of drug-likeness (QED) is 0.649. The summed E-state index contributed by atoms with van der Waals surface area (Å²) in [5, 5.41) is 5.58. The Morgan fingerprint density at radius 2 is 1.96 bits per heavy atom. The number of nitrogens with zero attached hydrogens (tertiary/aromatic N) is 3. The molecule has 1 amide bonds. The molecule has 0 aliphatic rings. The highest BCUT2D eigenvalue weighted by molar-refractivity contribution is 6.03. The number of nitrogens with two attached hydrogens (primary N) is 1. The Morgan fingerprint density at radius 3 is 2.73 bits per heavy atom. The van der Waals surface area contributed by atoms with Crippen LogP contribution in [0.3, 0.4) is 0 Å². The van der Waals surface area contributed by atoms with Gasteiger partial charge in [0.1, 0.15) is 11.6 Å². The van der Waals surface area contributed by atoms with Crippen molar-refractivity contribution in [3.63, 3.8) is 0 Å². The Morgan fingerprint density at radius 1 is 1.12 bits per heavy atom. The molecule has 0 fully saturated rings. The van der Waals surface area contributed by atoms with Gasteiger partial charge in [0, 0.05) is 24.1 Å². The fraction of sp³-hybridized carbons (Fsp3) is 0.0588. The summed E-state index contributed by atoms with van der Waals surface area (Å²) in [6.45, 7) is 0.336. The average Bonchev–Trinajstić information content (AvgIpc) is 2.61. The molecule has 9 heteroatoms. The number of hydrogen-bond acceptors (Lipinski definition) is 6. The predicted molar refractivity (Wildman–Crippen MR) is 92.3 cm³/mol. The molecule has 0 atom stereocenters. The van der Waals surface area contributed by atoms with E-state index in [1.165, 1.54) is 6.20 Å². The van der Waals surface area contributed by atoms with E-state index in [0.29, 0.717) is 35.5 Å². The van der Waals surface area contributed by atoms with E-state index in [0.717, 1.165) is 6.20 Å². The molecule has 0 bridgehead atoms. The van der Waals surface area contributed by atoms with Crippen molar-refractivity contribution in [1.82, 2.24) is 15.0 Å². The van der Waals surface area contributed by atoms with Gasteiger partial charge in [0.05, 0.1) is 24.1 Å². The van der Waals surface area contributed by atoms with Crippen LogP contribution in [0.4, 0.5) is 26.0 Å². The van der Waals surface area contributed by atoms with E-state index in [9.17, 15) is 13.6 Å². The minimum absolute atomic E-state index is 0.336. The van der Waals surface area contributed by atoms with Gasteiger partial charge in [-0.2, -0.15) is 0 Å². The molecule has 26 heavy (non-hydrogen) atoms.